The quantitative estimate of drug-likeness (QED) is 0.829. The van der Waals surface area contributed by atoms with E-state index >= 15 is 0 Å². The number of carboxylic acid groups (broad SMARTS) is 1. The average molecular weight is 296 g/mol. The molecule has 0 fully saturated rings. The van der Waals surface area contributed by atoms with Gasteiger partial charge in [0.2, 0.25) is 0 Å². The van der Waals surface area contributed by atoms with Gasteiger partial charge in [0.1, 0.15) is 6.54 Å². The van der Waals surface area contributed by atoms with Crippen molar-refractivity contribution in [3.05, 3.63) is 46.5 Å². The highest BCUT2D eigenvalue weighted by Gasteiger charge is 2.35. The van der Waals surface area contributed by atoms with Gasteiger partial charge in [-0.1, -0.05) is 12.1 Å². The van der Waals surface area contributed by atoms with E-state index in [1.165, 1.54) is 0 Å². The Morgan fingerprint density at radius 3 is 2.05 bits per heavy atom. The summed E-state index contributed by atoms with van der Waals surface area (Å²) < 4.78 is 0. The van der Waals surface area contributed by atoms with Crippen LogP contribution in [0.1, 0.15) is 31.8 Å². The van der Waals surface area contributed by atoms with E-state index < -0.39 is 24.3 Å². The van der Waals surface area contributed by atoms with Crippen LogP contribution in [0.2, 0.25) is 0 Å². The number of amides is 2. The monoisotopic (exact) mass is 296 g/mol. The van der Waals surface area contributed by atoms with Crippen molar-refractivity contribution in [1.29, 1.82) is 0 Å². The zero-order valence-electron chi connectivity index (χ0n) is 11.5. The third-order valence-corrected chi connectivity index (χ3v) is 4.25. The second kappa shape index (κ2) is 4.38. The predicted molar refractivity (Wildman–Crippen MR) is 77.5 cm³/mol. The maximum Gasteiger partial charge on any atom is 0.319 e. The van der Waals surface area contributed by atoms with Crippen molar-refractivity contribution in [3.63, 3.8) is 0 Å². The summed E-state index contributed by atoms with van der Waals surface area (Å²) in [5, 5.41) is 11.2. The van der Waals surface area contributed by atoms with E-state index in [2.05, 4.69) is 5.43 Å². The molecule has 0 aromatic heterocycles. The first-order valence-corrected chi connectivity index (χ1v) is 6.99. The van der Waals surface area contributed by atoms with Crippen molar-refractivity contribution in [2.75, 3.05) is 6.54 Å². The van der Waals surface area contributed by atoms with E-state index in [-0.39, 0.29) is 0 Å². The highest BCUT2D eigenvalue weighted by Crippen LogP contribution is 2.37. The molecule has 0 saturated heterocycles. The Balaban J connectivity index is 1.91. The molecular formula is C16H12N2O4. The standard InChI is InChI=1S/C16H12N2O4/c19-12(20)7-17-18-15(21)10-5-3-8-1-2-9-4-6-11(16(18)22)14(10)13(8)9/h3-6,17H,1-2,7H2,(H,19,20). The minimum absolute atomic E-state index is 0.440. The van der Waals surface area contributed by atoms with Crippen LogP contribution in [-0.2, 0) is 17.6 Å². The fourth-order valence-corrected chi connectivity index (χ4v) is 3.31. The number of aliphatic carboxylic acids is 1. The number of imide groups is 1. The van der Waals surface area contributed by atoms with Gasteiger partial charge in [0.15, 0.2) is 0 Å². The lowest BCUT2D eigenvalue weighted by Gasteiger charge is -2.27. The molecule has 110 valence electrons. The molecule has 0 spiro atoms. The number of hydrogen-bond acceptors (Lipinski definition) is 4. The first-order chi connectivity index (χ1) is 10.6. The molecule has 0 saturated carbocycles. The fraction of sp³-hybridized carbons (Fsp3) is 0.188. The fourth-order valence-electron chi connectivity index (χ4n) is 3.31. The molecule has 1 heterocycles. The number of aryl methyl sites for hydroxylation is 2. The molecule has 1 aliphatic heterocycles. The van der Waals surface area contributed by atoms with Gasteiger partial charge in [0.05, 0.1) is 11.1 Å². The number of carbonyl (C=O) groups is 3. The van der Waals surface area contributed by atoms with E-state index in [0.29, 0.717) is 16.5 Å². The van der Waals surface area contributed by atoms with Crippen molar-refractivity contribution >= 4 is 28.6 Å². The van der Waals surface area contributed by atoms with Crippen molar-refractivity contribution < 1.29 is 19.5 Å². The van der Waals surface area contributed by atoms with Gasteiger partial charge >= 0.3 is 5.97 Å². The molecule has 22 heavy (non-hydrogen) atoms. The van der Waals surface area contributed by atoms with Crippen LogP contribution >= 0.6 is 0 Å². The number of nitrogens with one attached hydrogen (secondary N) is 1. The summed E-state index contributed by atoms with van der Waals surface area (Å²) in [5.74, 6) is -2.15. The molecule has 0 atom stereocenters. The number of carboxylic acids is 1. The molecule has 4 rings (SSSR count). The summed E-state index contributed by atoms with van der Waals surface area (Å²) in [5.41, 5.74) is 5.57. The van der Waals surface area contributed by atoms with Gasteiger partial charge < -0.3 is 5.11 Å². The summed E-state index contributed by atoms with van der Waals surface area (Å²) in [6.07, 6.45) is 1.83. The maximum absolute atomic E-state index is 12.5. The summed E-state index contributed by atoms with van der Waals surface area (Å²) in [4.78, 5) is 35.7. The van der Waals surface area contributed by atoms with E-state index in [0.717, 1.165) is 34.4 Å². The third kappa shape index (κ3) is 1.61. The molecule has 0 radical (unpaired) electrons. The van der Waals surface area contributed by atoms with Gasteiger partial charge in [-0.15, -0.1) is 0 Å². The van der Waals surface area contributed by atoms with Crippen LogP contribution in [0, 0.1) is 0 Å². The molecule has 6 nitrogen and oxygen atoms in total. The number of nitrogens with zero attached hydrogens (tertiary/aromatic N) is 1. The van der Waals surface area contributed by atoms with E-state index in [1.807, 2.05) is 12.1 Å². The van der Waals surface area contributed by atoms with Crippen LogP contribution < -0.4 is 5.43 Å². The first kappa shape index (κ1) is 13.0. The second-order valence-corrected chi connectivity index (χ2v) is 5.47. The Kier molecular flexibility index (Phi) is 2.58. The number of hydrogen-bond donors (Lipinski definition) is 2. The summed E-state index contributed by atoms with van der Waals surface area (Å²) >= 11 is 0. The highest BCUT2D eigenvalue weighted by molar-refractivity contribution is 6.26. The van der Waals surface area contributed by atoms with E-state index in [4.69, 9.17) is 5.11 Å². The Bertz CT molecular complexity index is 813. The summed E-state index contributed by atoms with van der Waals surface area (Å²) in [6, 6.07) is 7.28. The number of rotatable bonds is 3. The topological polar surface area (TPSA) is 86.7 Å². The Labute approximate surface area is 125 Å². The second-order valence-electron chi connectivity index (χ2n) is 5.47. The normalized spacial score (nSPS) is 15.7. The van der Waals surface area contributed by atoms with Crippen molar-refractivity contribution in [2.45, 2.75) is 12.8 Å². The summed E-state index contributed by atoms with van der Waals surface area (Å²) in [7, 11) is 0. The lowest BCUT2D eigenvalue weighted by molar-refractivity contribution is -0.136. The molecule has 2 amide bonds. The molecule has 0 unspecified atom stereocenters. The largest absolute Gasteiger partial charge is 0.480 e. The van der Waals surface area contributed by atoms with E-state index in [9.17, 15) is 14.4 Å². The van der Waals surface area contributed by atoms with Gasteiger partial charge in [0.25, 0.3) is 11.8 Å². The first-order valence-electron chi connectivity index (χ1n) is 6.99. The Hall–Kier alpha value is -2.73. The molecule has 2 N–H and O–H groups in total. The van der Waals surface area contributed by atoms with Gasteiger partial charge in [-0.3, -0.25) is 14.4 Å². The van der Waals surface area contributed by atoms with Crippen LogP contribution in [0.15, 0.2) is 24.3 Å². The lowest BCUT2D eigenvalue weighted by Crippen LogP contribution is -2.50. The number of hydrazine groups is 1. The van der Waals surface area contributed by atoms with E-state index in [1.54, 1.807) is 12.1 Å². The molecule has 6 heteroatoms. The molecule has 0 bridgehead atoms. The zero-order valence-corrected chi connectivity index (χ0v) is 11.5. The van der Waals surface area contributed by atoms with Gasteiger partial charge in [-0.2, -0.15) is 0 Å². The number of carbonyl (C=O) groups excluding carboxylic acids is 2. The zero-order chi connectivity index (χ0) is 15.4. The third-order valence-electron chi connectivity index (χ3n) is 4.25. The molecule has 2 aromatic carbocycles. The lowest BCUT2D eigenvalue weighted by atomic mass is 9.92. The van der Waals surface area contributed by atoms with Crippen LogP contribution in [-0.4, -0.2) is 34.4 Å². The predicted octanol–water partition coefficient (Wildman–Crippen LogP) is 1.12. The van der Waals surface area contributed by atoms with Crippen molar-refractivity contribution in [1.82, 2.24) is 10.4 Å². The maximum atomic E-state index is 12.5. The van der Waals surface area contributed by atoms with Crippen LogP contribution in [0.3, 0.4) is 0 Å². The smallest absolute Gasteiger partial charge is 0.319 e. The van der Waals surface area contributed by atoms with Crippen molar-refractivity contribution in [3.8, 4) is 0 Å². The minimum Gasteiger partial charge on any atom is -0.480 e. The van der Waals surface area contributed by atoms with Gasteiger partial charge in [-0.25, -0.2) is 10.4 Å². The molecule has 1 aliphatic carbocycles. The molecule has 2 aromatic rings. The highest BCUT2D eigenvalue weighted by atomic mass is 16.4. The van der Waals surface area contributed by atoms with Crippen LogP contribution in [0.25, 0.3) is 10.8 Å². The SMILES string of the molecule is O=C(O)CNN1C(=O)c2ccc3c4c(ccc(c24)C1=O)CC3. The summed E-state index contributed by atoms with van der Waals surface area (Å²) in [6.45, 7) is -0.494. The van der Waals surface area contributed by atoms with Crippen LogP contribution in [0.4, 0.5) is 0 Å². The Morgan fingerprint density at radius 2 is 1.55 bits per heavy atom. The van der Waals surface area contributed by atoms with Gasteiger partial charge in [0, 0.05) is 5.39 Å². The van der Waals surface area contributed by atoms with Gasteiger partial charge in [-0.05, 0) is 41.5 Å². The molecule has 2 aliphatic rings. The molecular weight excluding hydrogens is 284 g/mol. The van der Waals surface area contributed by atoms with Crippen LogP contribution in [0.5, 0.6) is 0 Å². The minimum atomic E-state index is -1.14. The Morgan fingerprint density at radius 1 is 1.00 bits per heavy atom. The van der Waals surface area contributed by atoms with Crippen molar-refractivity contribution in [2.24, 2.45) is 0 Å². The number of benzene rings is 2. The average Bonchev–Trinajstić information content (AvgIpc) is 2.91.